The van der Waals surface area contributed by atoms with Crippen LogP contribution in [0.25, 0.3) is 0 Å². The van der Waals surface area contributed by atoms with E-state index in [4.69, 9.17) is 21.0 Å². The number of rotatable bonds is 9. The van der Waals surface area contributed by atoms with E-state index in [1.165, 1.54) is 0 Å². The molecular formula is C19H23ClN3O4-. The maximum absolute atomic E-state index is 11.8. The first-order valence-corrected chi connectivity index (χ1v) is 8.24. The third kappa shape index (κ3) is 5.87. The Hall–Kier alpha value is -2.77. The number of anilines is 1. The van der Waals surface area contributed by atoms with Gasteiger partial charge in [0.25, 0.3) is 0 Å². The summed E-state index contributed by atoms with van der Waals surface area (Å²) in [5.41, 5.74) is 7.89. The Balaban J connectivity index is 0.00000364. The summed E-state index contributed by atoms with van der Waals surface area (Å²) in [5.74, 6) is -0.996. The number of carboxylic acid groups (broad SMARTS) is 1. The number of carboxylic acids is 1. The normalized spacial score (nSPS) is 11.2. The molecule has 2 aromatic carbocycles. The standard InChI is InChI=1S/C19H23N3O4.ClH/c1-2-12-3-8-16(26-10-9-23)15(11-12)17(19(24)25)22-14-6-4-13(5-7-14)18(20)21;/h3-8,11,17,22-23H,2,9-10H2,1H3,(H3,20,21)(H,24,25);1H/p-1. The van der Waals surface area contributed by atoms with Gasteiger partial charge >= 0.3 is 0 Å². The lowest BCUT2D eigenvalue weighted by Crippen LogP contribution is -2.34. The summed E-state index contributed by atoms with van der Waals surface area (Å²) in [7, 11) is 0. The molecule has 5 N–H and O–H groups in total. The summed E-state index contributed by atoms with van der Waals surface area (Å²) in [6.07, 6.45) is 0.736. The van der Waals surface area contributed by atoms with Crippen LogP contribution in [0.5, 0.6) is 5.75 Å². The quantitative estimate of drug-likeness (QED) is 0.375. The molecule has 0 aliphatic rings. The molecule has 0 heterocycles. The minimum atomic E-state index is -1.30. The van der Waals surface area contributed by atoms with Crippen LogP contribution in [0.2, 0.25) is 0 Å². The number of amidine groups is 1. The van der Waals surface area contributed by atoms with Gasteiger partial charge in [0.05, 0.1) is 18.6 Å². The number of benzene rings is 2. The van der Waals surface area contributed by atoms with Crippen molar-refractivity contribution >= 4 is 29.9 Å². The monoisotopic (exact) mass is 392 g/mol. The van der Waals surface area contributed by atoms with Gasteiger partial charge < -0.3 is 30.8 Å². The topological polar surface area (TPSA) is 131 Å². The van der Waals surface area contributed by atoms with E-state index in [1.54, 1.807) is 36.4 Å². The van der Waals surface area contributed by atoms with Gasteiger partial charge in [0.15, 0.2) is 0 Å². The van der Waals surface area contributed by atoms with E-state index in [0.717, 1.165) is 12.0 Å². The fraction of sp³-hybridized carbons (Fsp3) is 0.263. The van der Waals surface area contributed by atoms with Crippen molar-refractivity contribution in [2.45, 2.75) is 19.4 Å². The zero-order valence-electron chi connectivity index (χ0n) is 14.9. The van der Waals surface area contributed by atoms with E-state index >= 15 is 0 Å². The van der Waals surface area contributed by atoms with Crippen molar-refractivity contribution in [3.8, 4) is 5.75 Å². The zero-order valence-corrected chi connectivity index (χ0v) is 15.7. The molecule has 0 saturated carbocycles. The largest absolute Gasteiger partial charge is 0.548 e. The number of hydrogen-bond donors (Lipinski definition) is 4. The van der Waals surface area contributed by atoms with Crippen LogP contribution in [0.3, 0.4) is 0 Å². The van der Waals surface area contributed by atoms with Gasteiger partial charge in [-0.3, -0.25) is 5.41 Å². The highest BCUT2D eigenvalue weighted by molar-refractivity contribution is 5.95. The number of aliphatic carboxylic acids is 1. The Bertz CT molecular complexity index is 781. The van der Waals surface area contributed by atoms with Gasteiger partial charge in [-0.05, 0) is 48.4 Å². The molecule has 0 spiro atoms. The molecule has 7 nitrogen and oxygen atoms in total. The molecule has 8 heteroatoms. The highest BCUT2D eigenvalue weighted by Gasteiger charge is 2.18. The van der Waals surface area contributed by atoms with Crippen molar-refractivity contribution in [3.05, 3.63) is 59.2 Å². The molecule has 0 aliphatic carbocycles. The van der Waals surface area contributed by atoms with Crippen molar-refractivity contribution < 1.29 is 19.7 Å². The molecular weight excluding hydrogens is 370 g/mol. The molecule has 0 radical (unpaired) electrons. The lowest BCUT2D eigenvalue weighted by atomic mass is 10.0. The number of nitrogen functional groups attached to an aromatic ring is 1. The maximum atomic E-state index is 11.8. The summed E-state index contributed by atoms with van der Waals surface area (Å²) >= 11 is 0. The second-order valence-electron chi connectivity index (χ2n) is 5.69. The van der Waals surface area contributed by atoms with Gasteiger partial charge in [0.1, 0.15) is 18.2 Å². The Kier molecular flexibility index (Phi) is 8.58. The molecule has 0 fully saturated rings. The highest BCUT2D eigenvalue weighted by Crippen LogP contribution is 2.29. The smallest absolute Gasteiger partial charge is 0.125 e. The van der Waals surface area contributed by atoms with Gasteiger partial charge in [0, 0.05) is 16.8 Å². The number of halogens is 1. The summed E-state index contributed by atoms with van der Waals surface area (Å²) in [6, 6.07) is 10.7. The van der Waals surface area contributed by atoms with Crippen LogP contribution in [0.4, 0.5) is 5.69 Å². The second kappa shape index (κ2) is 10.4. The number of carbonyl (C=O) groups is 1. The second-order valence-corrected chi connectivity index (χ2v) is 5.69. The van der Waals surface area contributed by atoms with Crippen LogP contribution < -0.4 is 20.9 Å². The zero-order chi connectivity index (χ0) is 19.1. The Morgan fingerprint density at radius 1 is 1.30 bits per heavy atom. The van der Waals surface area contributed by atoms with Crippen LogP contribution in [0.15, 0.2) is 42.5 Å². The van der Waals surface area contributed by atoms with Crippen molar-refractivity contribution in [2.75, 3.05) is 18.5 Å². The molecule has 1 atom stereocenters. The number of ether oxygens (including phenoxy) is 1. The number of aryl methyl sites for hydroxylation is 1. The maximum Gasteiger partial charge on any atom is 0.125 e. The van der Waals surface area contributed by atoms with Gasteiger partial charge in [-0.15, -0.1) is 12.4 Å². The number of aliphatic hydroxyl groups is 1. The molecule has 146 valence electrons. The molecule has 0 saturated heterocycles. The van der Waals surface area contributed by atoms with Crippen molar-refractivity contribution in [1.82, 2.24) is 0 Å². The molecule has 0 aliphatic heterocycles. The number of hydrogen-bond acceptors (Lipinski definition) is 6. The SMILES string of the molecule is CCc1ccc(OCCO)c(C(Nc2ccc(C(=N)N)cc2)C(=O)[O-])c1.Cl. The molecule has 1 unspecified atom stereocenters. The summed E-state index contributed by atoms with van der Waals surface area (Å²) in [5, 5.41) is 31.1. The van der Waals surface area contributed by atoms with Crippen LogP contribution in [0.1, 0.15) is 29.7 Å². The summed E-state index contributed by atoms with van der Waals surface area (Å²) in [4.78, 5) is 11.8. The van der Waals surface area contributed by atoms with Crippen LogP contribution >= 0.6 is 12.4 Å². The van der Waals surface area contributed by atoms with E-state index in [2.05, 4.69) is 5.32 Å². The number of nitrogens with two attached hydrogens (primary N) is 1. The van der Waals surface area contributed by atoms with Gasteiger partial charge in [0.2, 0.25) is 0 Å². The average Bonchev–Trinajstić information content (AvgIpc) is 2.64. The lowest BCUT2D eigenvalue weighted by molar-refractivity contribution is -0.307. The number of aliphatic hydroxyl groups excluding tert-OH is 1. The van der Waals surface area contributed by atoms with Gasteiger partial charge in [-0.1, -0.05) is 13.0 Å². The van der Waals surface area contributed by atoms with Crippen molar-refractivity contribution in [1.29, 1.82) is 5.41 Å². The van der Waals surface area contributed by atoms with E-state index < -0.39 is 12.0 Å². The molecule has 0 bridgehead atoms. The Morgan fingerprint density at radius 2 is 1.96 bits per heavy atom. The summed E-state index contributed by atoms with van der Waals surface area (Å²) in [6.45, 7) is 1.85. The van der Waals surface area contributed by atoms with Crippen LogP contribution in [-0.2, 0) is 11.2 Å². The van der Waals surface area contributed by atoms with E-state index in [9.17, 15) is 9.90 Å². The van der Waals surface area contributed by atoms with E-state index in [1.807, 2.05) is 13.0 Å². The van der Waals surface area contributed by atoms with Crippen LogP contribution in [0, 0.1) is 5.41 Å². The highest BCUT2D eigenvalue weighted by atomic mass is 35.5. The third-order valence-corrected chi connectivity index (χ3v) is 3.88. The van der Waals surface area contributed by atoms with Gasteiger partial charge in [-0.2, -0.15) is 0 Å². The van der Waals surface area contributed by atoms with E-state index in [-0.39, 0.29) is 31.5 Å². The minimum absolute atomic E-state index is 0. The number of carbonyl (C=O) groups excluding carboxylic acids is 1. The third-order valence-electron chi connectivity index (χ3n) is 3.88. The van der Waals surface area contributed by atoms with Gasteiger partial charge in [-0.25, -0.2) is 0 Å². The molecule has 2 rings (SSSR count). The summed E-state index contributed by atoms with van der Waals surface area (Å²) < 4.78 is 5.48. The fourth-order valence-corrected chi connectivity index (χ4v) is 2.51. The first kappa shape index (κ1) is 22.3. The molecule has 0 aromatic heterocycles. The Morgan fingerprint density at radius 3 is 2.48 bits per heavy atom. The van der Waals surface area contributed by atoms with Crippen molar-refractivity contribution in [3.63, 3.8) is 0 Å². The molecule has 0 amide bonds. The average molecular weight is 393 g/mol. The Labute approximate surface area is 164 Å². The van der Waals surface area contributed by atoms with E-state index in [0.29, 0.717) is 22.6 Å². The lowest BCUT2D eigenvalue weighted by Gasteiger charge is -2.24. The van der Waals surface area contributed by atoms with Crippen LogP contribution in [-0.4, -0.2) is 30.1 Å². The fourth-order valence-electron chi connectivity index (χ4n) is 2.51. The first-order valence-electron chi connectivity index (χ1n) is 8.24. The molecule has 27 heavy (non-hydrogen) atoms. The predicted octanol–water partition coefficient (Wildman–Crippen LogP) is 1.23. The molecule has 2 aromatic rings. The van der Waals surface area contributed by atoms with Crippen molar-refractivity contribution in [2.24, 2.45) is 5.73 Å². The minimum Gasteiger partial charge on any atom is -0.548 e. The number of nitrogens with one attached hydrogen (secondary N) is 2. The first-order chi connectivity index (χ1) is 12.5. The predicted molar refractivity (Wildman–Crippen MR) is 104 cm³/mol.